The lowest BCUT2D eigenvalue weighted by molar-refractivity contribution is -0.138. The summed E-state index contributed by atoms with van der Waals surface area (Å²) < 4.78 is 0.922. The smallest absolute Gasteiger partial charge is 0.325 e. The van der Waals surface area contributed by atoms with Gasteiger partial charge in [-0.25, -0.2) is 4.68 Å². The number of hydrogen-bond acceptors (Lipinski definition) is 4. The minimum absolute atomic E-state index is 0.400. The van der Waals surface area contributed by atoms with E-state index in [0.717, 1.165) is 17.6 Å². The molecule has 1 aromatic rings. The zero-order chi connectivity index (χ0) is 12.1. The van der Waals surface area contributed by atoms with Gasteiger partial charge in [-0.2, -0.15) is 5.10 Å². The fourth-order valence-corrected chi connectivity index (χ4v) is 1.34. The fraction of sp³-hybridized carbons (Fsp3) is 0.500. The van der Waals surface area contributed by atoms with Crippen molar-refractivity contribution in [3.05, 3.63) is 22.6 Å². The molecule has 0 fully saturated rings. The number of hydrogen-bond donors (Lipinski definition) is 1. The Morgan fingerprint density at radius 2 is 2.31 bits per heavy atom. The number of aliphatic carboxylic acids is 1. The summed E-state index contributed by atoms with van der Waals surface area (Å²) in [6, 6.07) is 1.39. The normalized spacial score (nSPS) is 10.1. The third kappa shape index (κ3) is 3.08. The van der Waals surface area contributed by atoms with Crippen molar-refractivity contribution in [3.63, 3.8) is 0 Å². The number of anilines is 1. The summed E-state index contributed by atoms with van der Waals surface area (Å²) in [4.78, 5) is 23.8. The molecule has 0 amide bonds. The molecule has 0 atom stereocenters. The molecule has 0 saturated heterocycles. The van der Waals surface area contributed by atoms with Crippen LogP contribution in [0.5, 0.6) is 0 Å². The molecule has 0 saturated carbocycles. The monoisotopic (exact) mass is 225 g/mol. The molecule has 0 aliphatic carbocycles. The van der Waals surface area contributed by atoms with Crippen molar-refractivity contribution in [2.45, 2.75) is 19.9 Å². The molecule has 88 valence electrons. The van der Waals surface area contributed by atoms with E-state index in [4.69, 9.17) is 5.11 Å². The molecule has 0 bridgehead atoms. The van der Waals surface area contributed by atoms with E-state index in [9.17, 15) is 9.59 Å². The van der Waals surface area contributed by atoms with E-state index in [0.29, 0.717) is 5.69 Å². The standard InChI is InChI=1S/C10H15N3O3/c1-3-4-12(2)8-5-9(14)13(11-6-8)7-10(15)16/h5-6H,3-4,7H2,1-2H3,(H,15,16). The highest BCUT2D eigenvalue weighted by Crippen LogP contribution is 2.06. The molecule has 1 rings (SSSR count). The van der Waals surface area contributed by atoms with Crippen LogP contribution in [0.25, 0.3) is 0 Å². The van der Waals surface area contributed by atoms with Crippen LogP contribution in [0.4, 0.5) is 5.69 Å². The van der Waals surface area contributed by atoms with Crippen molar-refractivity contribution >= 4 is 11.7 Å². The lowest BCUT2D eigenvalue weighted by atomic mass is 10.3. The third-order valence-electron chi connectivity index (χ3n) is 2.14. The Labute approximate surface area is 93.1 Å². The van der Waals surface area contributed by atoms with Gasteiger partial charge in [0, 0.05) is 19.7 Å². The predicted molar refractivity (Wildman–Crippen MR) is 59.7 cm³/mol. The van der Waals surface area contributed by atoms with Crippen molar-refractivity contribution < 1.29 is 9.90 Å². The van der Waals surface area contributed by atoms with Gasteiger partial charge in [-0.3, -0.25) is 9.59 Å². The molecule has 0 aliphatic rings. The Kier molecular flexibility index (Phi) is 4.04. The van der Waals surface area contributed by atoms with Gasteiger partial charge < -0.3 is 10.0 Å². The highest BCUT2D eigenvalue weighted by Gasteiger charge is 2.06. The SMILES string of the molecule is CCCN(C)c1cnn(CC(=O)O)c(=O)c1. The lowest BCUT2D eigenvalue weighted by Crippen LogP contribution is -2.28. The number of aromatic nitrogens is 2. The van der Waals surface area contributed by atoms with E-state index in [1.54, 1.807) is 0 Å². The second kappa shape index (κ2) is 5.29. The van der Waals surface area contributed by atoms with Crippen molar-refractivity contribution in [2.24, 2.45) is 0 Å². The predicted octanol–water partition coefficient (Wildman–Crippen LogP) is 0.174. The van der Waals surface area contributed by atoms with E-state index in [2.05, 4.69) is 5.10 Å². The first-order valence-electron chi connectivity index (χ1n) is 5.04. The topological polar surface area (TPSA) is 75.4 Å². The average molecular weight is 225 g/mol. The van der Waals surface area contributed by atoms with Gasteiger partial charge >= 0.3 is 5.97 Å². The van der Waals surface area contributed by atoms with Gasteiger partial charge in [0.2, 0.25) is 0 Å². The zero-order valence-electron chi connectivity index (χ0n) is 9.38. The van der Waals surface area contributed by atoms with Gasteiger partial charge in [0.1, 0.15) is 6.54 Å². The third-order valence-corrected chi connectivity index (χ3v) is 2.14. The molecule has 1 N–H and O–H groups in total. The second-order valence-electron chi connectivity index (χ2n) is 3.52. The molecule has 0 aliphatic heterocycles. The van der Waals surface area contributed by atoms with Crippen LogP contribution >= 0.6 is 0 Å². The maximum Gasteiger partial charge on any atom is 0.325 e. The molecule has 1 heterocycles. The summed E-state index contributed by atoms with van der Waals surface area (Å²) in [5.74, 6) is -1.08. The van der Waals surface area contributed by atoms with E-state index < -0.39 is 18.1 Å². The first-order chi connectivity index (χ1) is 7.54. The number of rotatable bonds is 5. The van der Waals surface area contributed by atoms with Crippen molar-refractivity contribution in [1.29, 1.82) is 0 Å². The highest BCUT2D eigenvalue weighted by atomic mass is 16.4. The summed E-state index contributed by atoms with van der Waals surface area (Å²) in [6.07, 6.45) is 2.47. The summed E-state index contributed by atoms with van der Waals surface area (Å²) in [6.45, 7) is 2.45. The zero-order valence-corrected chi connectivity index (χ0v) is 9.38. The number of nitrogens with zero attached hydrogens (tertiary/aromatic N) is 3. The summed E-state index contributed by atoms with van der Waals surface area (Å²) in [7, 11) is 1.86. The van der Waals surface area contributed by atoms with Crippen LogP contribution in [0, 0.1) is 0 Å². The maximum atomic E-state index is 11.5. The summed E-state index contributed by atoms with van der Waals surface area (Å²) >= 11 is 0. The molecule has 1 aromatic heterocycles. The van der Waals surface area contributed by atoms with Gasteiger partial charge in [-0.05, 0) is 6.42 Å². The van der Waals surface area contributed by atoms with Crippen LogP contribution < -0.4 is 10.5 Å². The minimum atomic E-state index is -1.08. The highest BCUT2D eigenvalue weighted by molar-refractivity contribution is 5.66. The Hall–Kier alpha value is -1.85. The van der Waals surface area contributed by atoms with Crippen molar-refractivity contribution in [2.75, 3.05) is 18.5 Å². The maximum absolute atomic E-state index is 11.5. The van der Waals surface area contributed by atoms with Crippen LogP contribution in [0.1, 0.15) is 13.3 Å². The molecule has 0 aromatic carbocycles. The Morgan fingerprint density at radius 3 is 2.81 bits per heavy atom. The number of carboxylic acid groups (broad SMARTS) is 1. The van der Waals surface area contributed by atoms with Crippen molar-refractivity contribution in [1.82, 2.24) is 9.78 Å². The van der Waals surface area contributed by atoms with Crippen LogP contribution in [-0.2, 0) is 11.3 Å². The average Bonchev–Trinajstić information content (AvgIpc) is 2.20. The molecular weight excluding hydrogens is 210 g/mol. The van der Waals surface area contributed by atoms with Crippen molar-refractivity contribution in [3.8, 4) is 0 Å². The molecular formula is C10H15N3O3. The Bertz CT molecular complexity index is 428. The second-order valence-corrected chi connectivity index (χ2v) is 3.52. The van der Waals surface area contributed by atoms with E-state index >= 15 is 0 Å². The quantitative estimate of drug-likeness (QED) is 0.773. The molecule has 6 nitrogen and oxygen atoms in total. The minimum Gasteiger partial charge on any atom is -0.480 e. The van der Waals surface area contributed by atoms with Gasteiger partial charge in [-0.15, -0.1) is 0 Å². The number of carbonyl (C=O) groups is 1. The summed E-state index contributed by atoms with van der Waals surface area (Å²) in [5, 5.41) is 12.3. The molecule has 0 radical (unpaired) electrons. The first kappa shape index (κ1) is 12.2. The van der Waals surface area contributed by atoms with Crippen LogP contribution in [0.15, 0.2) is 17.1 Å². The number of carboxylic acids is 1. The molecule has 16 heavy (non-hydrogen) atoms. The van der Waals surface area contributed by atoms with Crippen LogP contribution in [0.2, 0.25) is 0 Å². The molecule has 0 spiro atoms. The fourth-order valence-electron chi connectivity index (χ4n) is 1.34. The van der Waals surface area contributed by atoms with E-state index in [1.807, 2.05) is 18.9 Å². The van der Waals surface area contributed by atoms with Gasteiger partial charge in [0.25, 0.3) is 5.56 Å². The van der Waals surface area contributed by atoms with Crippen LogP contribution in [-0.4, -0.2) is 34.4 Å². The first-order valence-corrected chi connectivity index (χ1v) is 5.04. The van der Waals surface area contributed by atoms with E-state index in [1.165, 1.54) is 12.3 Å². The molecule has 0 unspecified atom stereocenters. The Morgan fingerprint density at radius 1 is 1.62 bits per heavy atom. The largest absolute Gasteiger partial charge is 0.480 e. The van der Waals surface area contributed by atoms with Gasteiger partial charge in [-0.1, -0.05) is 6.92 Å². The van der Waals surface area contributed by atoms with Gasteiger partial charge in [0.15, 0.2) is 0 Å². The summed E-state index contributed by atoms with van der Waals surface area (Å²) in [5.41, 5.74) is 0.302. The molecule has 6 heteroatoms. The Balaban J connectivity index is 2.90. The van der Waals surface area contributed by atoms with E-state index in [-0.39, 0.29) is 0 Å². The van der Waals surface area contributed by atoms with Crippen LogP contribution in [0.3, 0.4) is 0 Å². The van der Waals surface area contributed by atoms with Gasteiger partial charge in [0.05, 0.1) is 11.9 Å². The lowest BCUT2D eigenvalue weighted by Gasteiger charge is -2.17.